The summed E-state index contributed by atoms with van der Waals surface area (Å²) in [4.78, 5) is 0.141. The quantitative estimate of drug-likeness (QED) is 0.650. The number of hydrogen-bond donors (Lipinski definition) is 0. The van der Waals surface area contributed by atoms with Crippen LogP contribution in [0.4, 0.5) is 4.39 Å². The molecule has 1 aliphatic heterocycles. The van der Waals surface area contributed by atoms with Crippen LogP contribution in [0.2, 0.25) is 0 Å². The molecule has 3 aromatic carbocycles. The first-order valence-electron chi connectivity index (χ1n) is 8.98. The average molecular weight is 400 g/mol. The standard InChI is InChI=1S/C21H18FNO2S2/c22-16-7-9-17(10-8-16)27(24,25)23-12-13-26-21(23)19-11-6-15-5-4-14-2-1-3-18(19)20(14)15/h1-3,6-11,21H,4-5,12-13H2. The van der Waals surface area contributed by atoms with E-state index in [0.717, 1.165) is 29.5 Å². The van der Waals surface area contributed by atoms with Gasteiger partial charge in [0.25, 0.3) is 0 Å². The van der Waals surface area contributed by atoms with Gasteiger partial charge in [-0.1, -0.05) is 30.3 Å². The van der Waals surface area contributed by atoms with Crippen molar-refractivity contribution in [2.24, 2.45) is 0 Å². The first-order valence-corrected chi connectivity index (χ1v) is 11.5. The van der Waals surface area contributed by atoms with Gasteiger partial charge in [-0.25, -0.2) is 12.8 Å². The number of nitrogens with zero attached hydrogens (tertiary/aromatic N) is 1. The summed E-state index contributed by atoms with van der Waals surface area (Å²) in [5.41, 5.74) is 3.74. The van der Waals surface area contributed by atoms with Crippen LogP contribution < -0.4 is 0 Å². The highest BCUT2D eigenvalue weighted by Gasteiger charge is 2.38. The maximum absolute atomic E-state index is 13.2. The number of thioether (sulfide) groups is 1. The molecule has 1 saturated heterocycles. The summed E-state index contributed by atoms with van der Waals surface area (Å²) in [7, 11) is -3.68. The van der Waals surface area contributed by atoms with E-state index < -0.39 is 15.8 Å². The Bertz CT molecular complexity index is 1130. The van der Waals surface area contributed by atoms with Crippen LogP contribution in [0.5, 0.6) is 0 Å². The molecule has 6 heteroatoms. The van der Waals surface area contributed by atoms with E-state index in [9.17, 15) is 12.8 Å². The molecule has 2 aliphatic rings. The first-order chi connectivity index (χ1) is 13.1. The van der Waals surface area contributed by atoms with Gasteiger partial charge in [0.2, 0.25) is 10.0 Å². The van der Waals surface area contributed by atoms with Crippen molar-refractivity contribution in [1.82, 2.24) is 4.31 Å². The van der Waals surface area contributed by atoms with E-state index in [0.29, 0.717) is 6.54 Å². The van der Waals surface area contributed by atoms with Gasteiger partial charge in [0.1, 0.15) is 5.82 Å². The van der Waals surface area contributed by atoms with E-state index in [4.69, 9.17) is 0 Å². The predicted molar refractivity (Wildman–Crippen MR) is 107 cm³/mol. The molecule has 1 aliphatic carbocycles. The van der Waals surface area contributed by atoms with Gasteiger partial charge >= 0.3 is 0 Å². The summed E-state index contributed by atoms with van der Waals surface area (Å²) >= 11 is 1.65. The smallest absolute Gasteiger partial charge is 0.207 e. The molecule has 1 fully saturated rings. The summed E-state index contributed by atoms with van der Waals surface area (Å²) < 4.78 is 41.2. The minimum Gasteiger partial charge on any atom is -0.207 e. The third kappa shape index (κ3) is 2.70. The maximum atomic E-state index is 13.2. The topological polar surface area (TPSA) is 37.4 Å². The highest BCUT2D eigenvalue weighted by molar-refractivity contribution is 8.01. The molecule has 1 atom stereocenters. The summed E-state index contributed by atoms with van der Waals surface area (Å²) in [6.07, 6.45) is 2.09. The second-order valence-electron chi connectivity index (χ2n) is 6.95. The predicted octanol–water partition coefficient (Wildman–Crippen LogP) is 4.51. The van der Waals surface area contributed by atoms with Gasteiger partial charge in [0.05, 0.1) is 10.3 Å². The summed E-state index contributed by atoms with van der Waals surface area (Å²) in [5.74, 6) is 0.308. The fourth-order valence-corrected chi connectivity index (χ4v) is 7.44. The Labute approximate surface area is 162 Å². The zero-order valence-electron chi connectivity index (χ0n) is 14.6. The van der Waals surface area contributed by atoms with Crippen molar-refractivity contribution in [1.29, 1.82) is 0 Å². The van der Waals surface area contributed by atoms with Crippen LogP contribution in [0.25, 0.3) is 10.8 Å². The van der Waals surface area contributed by atoms with Crippen LogP contribution in [-0.4, -0.2) is 25.0 Å². The van der Waals surface area contributed by atoms with E-state index in [1.165, 1.54) is 40.8 Å². The number of rotatable bonds is 3. The second kappa shape index (κ2) is 6.33. The largest absolute Gasteiger partial charge is 0.244 e. The molecule has 1 unspecified atom stereocenters. The molecule has 3 aromatic rings. The molecule has 0 saturated carbocycles. The Morgan fingerprint density at radius 3 is 2.48 bits per heavy atom. The van der Waals surface area contributed by atoms with Crippen LogP contribution in [0.3, 0.4) is 0 Å². The number of aryl methyl sites for hydroxylation is 2. The van der Waals surface area contributed by atoms with Crippen molar-refractivity contribution in [3.05, 3.63) is 77.1 Å². The fraction of sp³-hybridized carbons (Fsp3) is 0.238. The molecule has 138 valence electrons. The van der Waals surface area contributed by atoms with Crippen molar-refractivity contribution < 1.29 is 12.8 Å². The van der Waals surface area contributed by atoms with Crippen molar-refractivity contribution in [3.8, 4) is 0 Å². The van der Waals surface area contributed by atoms with Crippen LogP contribution in [0.1, 0.15) is 22.1 Å². The summed E-state index contributed by atoms with van der Waals surface area (Å²) in [6, 6.07) is 15.7. The Morgan fingerprint density at radius 2 is 1.70 bits per heavy atom. The lowest BCUT2D eigenvalue weighted by Crippen LogP contribution is -2.30. The van der Waals surface area contributed by atoms with Crippen LogP contribution in [0, 0.1) is 5.82 Å². The van der Waals surface area contributed by atoms with E-state index in [1.807, 2.05) is 0 Å². The fourth-order valence-electron chi connectivity index (χ4n) is 4.17. The molecule has 1 heterocycles. The molecule has 0 radical (unpaired) electrons. The Balaban J connectivity index is 1.62. The minimum atomic E-state index is -3.68. The Kier molecular flexibility index (Phi) is 4.04. The highest BCUT2D eigenvalue weighted by Crippen LogP contribution is 2.45. The maximum Gasteiger partial charge on any atom is 0.244 e. The van der Waals surface area contributed by atoms with Crippen LogP contribution >= 0.6 is 11.8 Å². The van der Waals surface area contributed by atoms with Gasteiger partial charge in [0.15, 0.2) is 0 Å². The van der Waals surface area contributed by atoms with E-state index in [2.05, 4.69) is 30.3 Å². The van der Waals surface area contributed by atoms with E-state index >= 15 is 0 Å². The molecule has 0 N–H and O–H groups in total. The number of sulfonamides is 1. The first kappa shape index (κ1) is 17.2. The van der Waals surface area contributed by atoms with Gasteiger partial charge in [-0.2, -0.15) is 4.31 Å². The van der Waals surface area contributed by atoms with Gasteiger partial charge in [-0.05, 0) is 64.6 Å². The summed E-state index contributed by atoms with van der Waals surface area (Å²) in [5, 5.41) is 2.19. The zero-order chi connectivity index (χ0) is 18.6. The van der Waals surface area contributed by atoms with Crippen molar-refractivity contribution in [3.63, 3.8) is 0 Å². The van der Waals surface area contributed by atoms with E-state index in [-0.39, 0.29) is 10.3 Å². The molecular formula is C21H18FNO2S2. The summed E-state index contributed by atoms with van der Waals surface area (Å²) in [6.45, 7) is 0.456. The van der Waals surface area contributed by atoms with Gasteiger partial charge in [0, 0.05) is 12.3 Å². The molecule has 0 spiro atoms. The lowest BCUT2D eigenvalue weighted by Gasteiger charge is -2.25. The molecule has 27 heavy (non-hydrogen) atoms. The van der Waals surface area contributed by atoms with Crippen molar-refractivity contribution in [2.75, 3.05) is 12.3 Å². The third-order valence-corrected chi connectivity index (χ3v) is 8.70. The normalized spacial score (nSPS) is 19.8. The number of halogens is 1. The molecule has 5 rings (SSSR count). The third-order valence-electron chi connectivity index (χ3n) is 5.45. The number of hydrogen-bond acceptors (Lipinski definition) is 3. The lowest BCUT2D eigenvalue weighted by atomic mass is 10.00. The van der Waals surface area contributed by atoms with Gasteiger partial charge in [-0.3, -0.25) is 0 Å². The SMILES string of the molecule is O=S(=O)(c1ccc(F)cc1)N1CCSC1c1ccc2c3c(cccc13)CC2. The molecule has 3 nitrogen and oxygen atoms in total. The van der Waals surface area contributed by atoms with Crippen LogP contribution in [-0.2, 0) is 22.9 Å². The van der Waals surface area contributed by atoms with Crippen LogP contribution in [0.15, 0.2) is 59.5 Å². The van der Waals surface area contributed by atoms with Crippen molar-refractivity contribution >= 4 is 32.6 Å². The molecule has 0 amide bonds. The zero-order valence-corrected chi connectivity index (χ0v) is 16.2. The molecule has 0 aromatic heterocycles. The Morgan fingerprint density at radius 1 is 0.963 bits per heavy atom. The Hall–Kier alpha value is -1.89. The minimum absolute atomic E-state index is 0.141. The average Bonchev–Trinajstić information content (AvgIpc) is 3.32. The lowest BCUT2D eigenvalue weighted by molar-refractivity contribution is 0.435. The van der Waals surface area contributed by atoms with Crippen molar-refractivity contribution in [2.45, 2.75) is 23.1 Å². The monoisotopic (exact) mass is 399 g/mol. The highest BCUT2D eigenvalue weighted by atomic mass is 32.2. The molecule has 0 bridgehead atoms. The van der Waals surface area contributed by atoms with E-state index in [1.54, 1.807) is 16.1 Å². The number of benzene rings is 3. The molecular weight excluding hydrogens is 381 g/mol. The van der Waals surface area contributed by atoms with Gasteiger partial charge in [-0.15, -0.1) is 11.8 Å². The second-order valence-corrected chi connectivity index (χ2v) is 10.0. The van der Waals surface area contributed by atoms with Gasteiger partial charge < -0.3 is 0 Å².